The molecule has 7 heteroatoms. The van der Waals surface area contributed by atoms with Crippen LogP contribution in [0.3, 0.4) is 0 Å². The van der Waals surface area contributed by atoms with Crippen LogP contribution >= 0.6 is 27.3 Å². The Bertz CT molecular complexity index is 870. The van der Waals surface area contributed by atoms with Crippen molar-refractivity contribution in [2.24, 2.45) is 0 Å². The first-order chi connectivity index (χ1) is 10.6. The number of hydrogen-bond acceptors (Lipinski definition) is 5. The van der Waals surface area contributed by atoms with Crippen molar-refractivity contribution in [1.29, 1.82) is 0 Å². The smallest absolute Gasteiger partial charge is 0.312 e. The molecule has 0 atom stereocenters. The Morgan fingerprint density at radius 2 is 2.05 bits per heavy atom. The molecular weight excluding hydrogens is 368 g/mol. The number of thiophene rings is 1. The van der Waals surface area contributed by atoms with Gasteiger partial charge in [-0.1, -0.05) is 15.9 Å². The Balaban J connectivity index is 1.66. The van der Waals surface area contributed by atoms with Crippen molar-refractivity contribution in [2.45, 2.75) is 13.0 Å². The molecule has 3 aromatic rings. The molecule has 1 aromatic carbocycles. The molecule has 0 radical (unpaired) electrons. The standard InChI is InChI=1S/C15H11BrN2O3S/c16-10-1-3-11(4-2-10)21-13(19)5-7-18-9-17-14-12(15(18)20)6-8-22-14/h1-4,6,8-9H,5,7H2. The summed E-state index contributed by atoms with van der Waals surface area (Å²) in [5.74, 6) is 0.0894. The minimum atomic E-state index is -0.389. The number of carbonyl (C=O) groups is 1. The number of aryl methyl sites for hydroxylation is 1. The van der Waals surface area contributed by atoms with Gasteiger partial charge in [0.25, 0.3) is 5.56 Å². The fourth-order valence-electron chi connectivity index (χ4n) is 1.95. The van der Waals surface area contributed by atoms with Crippen LogP contribution in [-0.2, 0) is 11.3 Å². The monoisotopic (exact) mass is 378 g/mol. The van der Waals surface area contributed by atoms with Crippen molar-refractivity contribution in [3.8, 4) is 5.75 Å². The van der Waals surface area contributed by atoms with E-state index in [1.165, 1.54) is 22.2 Å². The van der Waals surface area contributed by atoms with Crippen molar-refractivity contribution in [3.63, 3.8) is 0 Å². The lowest BCUT2D eigenvalue weighted by molar-refractivity contribution is -0.134. The molecule has 0 N–H and O–H groups in total. The molecule has 0 aliphatic carbocycles. The number of hydrogen-bond donors (Lipinski definition) is 0. The summed E-state index contributed by atoms with van der Waals surface area (Å²) in [6, 6.07) is 8.73. The molecule has 3 rings (SSSR count). The quantitative estimate of drug-likeness (QED) is 0.516. The highest BCUT2D eigenvalue weighted by Gasteiger charge is 2.09. The zero-order valence-electron chi connectivity index (χ0n) is 11.4. The van der Waals surface area contributed by atoms with E-state index in [4.69, 9.17) is 4.74 Å². The van der Waals surface area contributed by atoms with Crippen molar-refractivity contribution in [2.75, 3.05) is 0 Å². The van der Waals surface area contributed by atoms with Gasteiger partial charge in [0.15, 0.2) is 0 Å². The molecule has 0 unspecified atom stereocenters. The number of benzene rings is 1. The van der Waals surface area contributed by atoms with Gasteiger partial charge in [-0.15, -0.1) is 11.3 Å². The lowest BCUT2D eigenvalue weighted by Gasteiger charge is -2.06. The van der Waals surface area contributed by atoms with Gasteiger partial charge in [-0.25, -0.2) is 4.98 Å². The normalized spacial score (nSPS) is 10.8. The highest BCUT2D eigenvalue weighted by atomic mass is 79.9. The third-order valence-electron chi connectivity index (χ3n) is 3.05. The number of fused-ring (bicyclic) bond motifs is 1. The topological polar surface area (TPSA) is 61.2 Å². The molecule has 112 valence electrons. The van der Waals surface area contributed by atoms with Crippen LogP contribution in [-0.4, -0.2) is 15.5 Å². The molecule has 0 aliphatic heterocycles. The number of rotatable bonds is 4. The van der Waals surface area contributed by atoms with E-state index in [0.717, 1.165) is 4.47 Å². The van der Waals surface area contributed by atoms with Gasteiger partial charge in [0.2, 0.25) is 0 Å². The van der Waals surface area contributed by atoms with Crippen LogP contribution in [0.2, 0.25) is 0 Å². The summed E-state index contributed by atoms with van der Waals surface area (Å²) in [4.78, 5) is 28.9. The van der Waals surface area contributed by atoms with Crippen molar-refractivity contribution < 1.29 is 9.53 Å². The second-order valence-electron chi connectivity index (χ2n) is 4.56. The number of carbonyl (C=O) groups excluding carboxylic acids is 1. The van der Waals surface area contributed by atoms with E-state index in [0.29, 0.717) is 16.0 Å². The fourth-order valence-corrected chi connectivity index (χ4v) is 2.94. The van der Waals surface area contributed by atoms with Crippen LogP contribution in [0.15, 0.2) is 51.3 Å². The maximum absolute atomic E-state index is 12.2. The van der Waals surface area contributed by atoms with E-state index in [-0.39, 0.29) is 24.5 Å². The molecule has 0 bridgehead atoms. The van der Waals surface area contributed by atoms with Crippen molar-refractivity contribution in [1.82, 2.24) is 9.55 Å². The van der Waals surface area contributed by atoms with Crippen LogP contribution in [0.4, 0.5) is 0 Å². The Labute approximate surface area is 138 Å². The summed E-state index contributed by atoms with van der Waals surface area (Å²) < 4.78 is 7.55. The van der Waals surface area contributed by atoms with Crippen LogP contribution in [0, 0.1) is 0 Å². The molecule has 0 fully saturated rings. The third-order valence-corrected chi connectivity index (χ3v) is 4.40. The van der Waals surface area contributed by atoms with Gasteiger partial charge in [0, 0.05) is 11.0 Å². The molecular formula is C15H11BrN2O3S. The predicted octanol–water partition coefficient (Wildman–Crippen LogP) is 3.22. The van der Waals surface area contributed by atoms with Crippen LogP contribution < -0.4 is 10.3 Å². The summed E-state index contributed by atoms with van der Waals surface area (Å²) in [5, 5.41) is 2.40. The minimum absolute atomic E-state index is 0.104. The summed E-state index contributed by atoms with van der Waals surface area (Å²) in [6.45, 7) is 0.243. The predicted molar refractivity (Wildman–Crippen MR) is 88.3 cm³/mol. The minimum Gasteiger partial charge on any atom is -0.426 e. The number of nitrogens with zero attached hydrogens (tertiary/aromatic N) is 2. The molecule has 0 saturated heterocycles. The second-order valence-corrected chi connectivity index (χ2v) is 6.37. The van der Waals surface area contributed by atoms with E-state index in [9.17, 15) is 9.59 Å². The molecule has 2 aromatic heterocycles. The van der Waals surface area contributed by atoms with E-state index in [1.807, 2.05) is 5.38 Å². The lowest BCUT2D eigenvalue weighted by atomic mass is 10.3. The molecule has 0 amide bonds. The van der Waals surface area contributed by atoms with Crippen LogP contribution in [0.5, 0.6) is 5.75 Å². The number of halogens is 1. The van der Waals surface area contributed by atoms with Gasteiger partial charge in [-0.3, -0.25) is 14.2 Å². The molecule has 0 aliphatic rings. The number of ether oxygens (including phenoxy) is 1. The number of aromatic nitrogens is 2. The second kappa shape index (κ2) is 6.41. The van der Waals surface area contributed by atoms with Gasteiger partial charge < -0.3 is 4.74 Å². The summed E-state index contributed by atoms with van der Waals surface area (Å²) in [5.41, 5.74) is -0.136. The van der Waals surface area contributed by atoms with E-state index in [2.05, 4.69) is 20.9 Å². The van der Waals surface area contributed by atoms with Gasteiger partial charge in [0.05, 0.1) is 18.1 Å². The summed E-state index contributed by atoms with van der Waals surface area (Å²) in [7, 11) is 0. The third kappa shape index (κ3) is 3.26. The van der Waals surface area contributed by atoms with Crippen LogP contribution in [0.1, 0.15) is 6.42 Å². The van der Waals surface area contributed by atoms with E-state index >= 15 is 0 Å². The summed E-state index contributed by atoms with van der Waals surface area (Å²) in [6.07, 6.45) is 1.57. The zero-order valence-corrected chi connectivity index (χ0v) is 13.8. The first-order valence-electron chi connectivity index (χ1n) is 6.52. The lowest BCUT2D eigenvalue weighted by Crippen LogP contribution is -2.22. The van der Waals surface area contributed by atoms with Crippen molar-refractivity contribution >= 4 is 43.5 Å². The highest BCUT2D eigenvalue weighted by Crippen LogP contribution is 2.17. The van der Waals surface area contributed by atoms with Crippen molar-refractivity contribution in [3.05, 3.63) is 56.9 Å². The molecule has 22 heavy (non-hydrogen) atoms. The Morgan fingerprint density at radius 3 is 2.82 bits per heavy atom. The summed E-state index contributed by atoms with van der Waals surface area (Å²) >= 11 is 4.73. The highest BCUT2D eigenvalue weighted by molar-refractivity contribution is 9.10. The Kier molecular flexibility index (Phi) is 4.35. The molecule has 5 nitrogen and oxygen atoms in total. The average Bonchev–Trinajstić information content (AvgIpc) is 2.98. The SMILES string of the molecule is O=C(CCn1cnc2sccc2c1=O)Oc1ccc(Br)cc1. The van der Waals surface area contributed by atoms with E-state index < -0.39 is 0 Å². The van der Waals surface area contributed by atoms with Gasteiger partial charge in [-0.2, -0.15) is 0 Å². The maximum atomic E-state index is 12.2. The van der Waals surface area contributed by atoms with Gasteiger partial charge in [0.1, 0.15) is 10.6 Å². The van der Waals surface area contributed by atoms with Gasteiger partial charge in [-0.05, 0) is 35.7 Å². The molecule has 2 heterocycles. The Morgan fingerprint density at radius 1 is 1.27 bits per heavy atom. The first-order valence-corrected chi connectivity index (χ1v) is 8.19. The first kappa shape index (κ1) is 14.9. The Hall–Kier alpha value is -1.99. The maximum Gasteiger partial charge on any atom is 0.312 e. The zero-order chi connectivity index (χ0) is 15.5. The molecule has 0 saturated carbocycles. The largest absolute Gasteiger partial charge is 0.426 e. The van der Waals surface area contributed by atoms with Crippen LogP contribution in [0.25, 0.3) is 10.2 Å². The fraction of sp³-hybridized carbons (Fsp3) is 0.133. The van der Waals surface area contributed by atoms with Gasteiger partial charge >= 0.3 is 5.97 Å². The van der Waals surface area contributed by atoms with E-state index in [1.54, 1.807) is 30.3 Å². The molecule has 0 spiro atoms. The number of esters is 1. The average molecular weight is 379 g/mol.